The minimum Gasteiger partial charge on any atom is -0.494 e. The summed E-state index contributed by atoms with van der Waals surface area (Å²) in [5.74, 6) is -1.37. The molecule has 14 heteroatoms. The Morgan fingerprint density at radius 3 is 1.59 bits per heavy atom. The van der Waals surface area contributed by atoms with Crippen molar-refractivity contribution in [1.29, 1.82) is 0 Å². The topological polar surface area (TPSA) is 177 Å². The minimum absolute atomic E-state index is 0.0875. The van der Waals surface area contributed by atoms with E-state index in [1.54, 1.807) is 0 Å². The van der Waals surface area contributed by atoms with Gasteiger partial charge in [-0.1, -0.05) is 90.7 Å². The number of fused-ring (bicyclic) bond motifs is 4. The number of aromatic hydroxyl groups is 2. The molecular formula is C37H26Br2N6O6. The van der Waals surface area contributed by atoms with Crippen molar-refractivity contribution in [3.05, 3.63) is 116 Å². The molecule has 6 aromatic rings. The van der Waals surface area contributed by atoms with Crippen LogP contribution in [0.25, 0.3) is 21.8 Å². The van der Waals surface area contributed by atoms with Gasteiger partial charge in [-0.3, -0.25) is 4.79 Å². The van der Waals surface area contributed by atoms with E-state index in [9.17, 15) is 20.1 Å². The number of nitrogens with zero attached hydrogens (tertiary/aromatic N) is 4. The summed E-state index contributed by atoms with van der Waals surface area (Å²) >= 11 is 6.92. The largest absolute Gasteiger partial charge is 0.494 e. The first-order chi connectivity index (χ1) is 24.6. The number of hydrogen-bond donors (Lipinski definition) is 5. The fourth-order valence-electron chi connectivity index (χ4n) is 6.11. The van der Waals surface area contributed by atoms with Gasteiger partial charge in [-0.05, 0) is 43.3 Å². The summed E-state index contributed by atoms with van der Waals surface area (Å²) in [5, 5.41) is 42.4. The fraction of sp³-hybridized carbons (Fsp3) is 0.108. The lowest BCUT2D eigenvalue weighted by Crippen LogP contribution is -2.37. The van der Waals surface area contributed by atoms with Crippen LogP contribution in [0.1, 0.15) is 29.2 Å². The van der Waals surface area contributed by atoms with E-state index in [2.05, 4.69) is 52.1 Å². The Morgan fingerprint density at radius 2 is 1.16 bits per heavy atom. The number of aliphatic carboxylic acids is 1. The first-order valence-corrected chi connectivity index (χ1v) is 17.2. The second kappa shape index (κ2) is 12.5. The molecule has 0 radical (unpaired) electrons. The van der Waals surface area contributed by atoms with Crippen LogP contribution in [0.2, 0.25) is 0 Å². The second-order valence-corrected chi connectivity index (χ2v) is 14.2. The predicted octanol–water partition coefficient (Wildman–Crippen LogP) is 8.09. The van der Waals surface area contributed by atoms with E-state index in [1.165, 1.54) is 6.92 Å². The van der Waals surface area contributed by atoms with Crippen LogP contribution in [0, 0.1) is 5.41 Å². The van der Waals surface area contributed by atoms with E-state index < -0.39 is 11.4 Å². The van der Waals surface area contributed by atoms with E-state index in [4.69, 9.17) is 19.7 Å². The van der Waals surface area contributed by atoms with Crippen LogP contribution in [-0.2, 0) is 14.5 Å². The molecule has 12 nitrogen and oxygen atoms in total. The number of halogens is 2. The average Bonchev–Trinajstić information content (AvgIpc) is 3.83. The fourth-order valence-corrected chi connectivity index (χ4v) is 6.83. The third-order valence-corrected chi connectivity index (χ3v) is 9.77. The monoisotopic (exact) mass is 808 g/mol. The number of benzene rings is 4. The van der Waals surface area contributed by atoms with Crippen LogP contribution in [0.5, 0.6) is 11.8 Å². The number of nitrogens with one attached hydrogen (secondary N) is 2. The van der Waals surface area contributed by atoms with E-state index in [-0.39, 0.29) is 25.0 Å². The van der Waals surface area contributed by atoms with Crippen molar-refractivity contribution in [2.75, 3.05) is 13.2 Å². The smallest absolute Gasteiger partial charge is 0.316 e. The number of oxime groups is 2. The van der Waals surface area contributed by atoms with Crippen molar-refractivity contribution in [2.45, 2.75) is 6.92 Å². The Hall–Kier alpha value is -5.73. The third kappa shape index (κ3) is 5.65. The highest BCUT2D eigenvalue weighted by Crippen LogP contribution is 2.38. The SMILES string of the molecule is CC(CO/N=C1/C(c2c(O)[nH]c3cc(Br)ccc23)=Nc2ccccc21)(CO/N=C1/C(c2c(O)[nH]c3cc(Br)ccc23)=Nc2ccccc21)C(=O)O. The Morgan fingerprint density at radius 1 is 0.725 bits per heavy atom. The van der Waals surface area contributed by atoms with Crippen LogP contribution in [0.4, 0.5) is 11.4 Å². The number of rotatable bonds is 9. The van der Waals surface area contributed by atoms with E-state index in [0.717, 1.165) is 19.7 Å². The summed E-state index contributed by atoms with van der Waals surface area (Å²) < 4.78 is 1.67. The maximum atomic E-state index is 12.6. The number of aromatic nitrogens is 2. The van der Waals surface area contributed by atoms with Gasteiger partial charge >= 0.3 is 5.97 Å². The molecule has 0 fully saturated rings. The Balaban J connectivity index is 1.07. The molecule has 51 heavy (non-hydrogen) atoms. The van der Waals surface area contributed by atoms with Gasteiger partial charge < -0.3 is 35.0 Å². The molecule has 0 saturated carbocycles. The van der Waals surface area contributed by atoms with Crippen molar-refractivity contribution >= 4 is 93.9 Å². The first kappa shape index (κ1) is 32.5. The number of carbonyl (C=O) groups is 1. The van der Waals surface area contributed by atoms with Crippen molar-refractivity contribution in [3.63, 3.8) is 0 Å². The zero-order valence-corrected chi connectivity index (χ0v) is 29.8. The normalized spacial score (nSPS) is 15.4. The maximum Gasteiger partial charge on any atom is 0.316 e. The molecule has 0 amide bonds. The summed E-state index contributed by atoms with van der Waals surface area (Å²) in [5.41, 5.74) is 4.70. The molecule has 2 aromatic heterocycles. The van der Waals surface area contributed by atoms with E-state index in [1.807, 2.05) is 84.9 Å². The molecule has 0 bridgehead atoms. The Labute approximate surface area is 306 Å². The maximum absolute atomic E-state index is 12.6. The molecule has 5 N–H and O–H groups in total. The zero-order valence-electron chi connectivity index (χ0n) is 26.6. The summed E-state index contributed by atoms with van der Waals surface area (Å²) in [7, 11) is 0. The lowest BCUT2D eigenvalue weighted by Gasteiger charge is -2.21. The van der Waals surface area contributed by atoms with Crippen molar-refractivity contribution < 1.29 is 29.8 Å². The number of para-hydroxylation sites is 2. The summed E-state index contributed by atoms with van der Waals surface area (Å²) in [6.07, 6.45) is 0. The molecule has 8 rings (SSSR count). The van der Waals surface area contributed by atoms with Crippen molar-refractivity contribution in [3.8, 4) is 11.8 Å². The first-order valence-electron chi connectivity index (χ1n) is 15.6. The molecule has 0 unspecified atom stereocenters. The molecule has 254 valence electrons. The van der Waals surface area contributed by atoms with Crippen LogP contribution in [-0.4, -0.2) is 67.3 Å². The second-order valence-electron chi connectivity index (χ2n) is 12.3. The summed E-state index contributed by atoms with van der Waals surface area (Å²) in [4.78, 5) is 39.6. The molecular weight excluding hydrogens is 784 g/mol. The predicted molar refractivity (Wildman–Crippen MR) is 201 cm³/mol. The van der Waals surface area contributed by atoms with E-state index in [0.29, 0.717) is 67.5 Å². The van der Waals surface area contributed by atoms with Crippen LogP contribution in [0.15, 0.2) is 114 Å². The van der Waals surface area contributed by atoms with Gasteiger partial charge in [0, 0.05) is 30.8 Å². The van der Waals surface area contributed by atoms with Gasteiger partial charge in [0.15, 0.2) is 11.8 Å². The van der Waals surface area contributed by atoms with Crippen molar-refractivity contribution in [1.82, 2.24) is 9.97 Å². The van der Waals surface area contributed by atoms with Crippen LogP contribution < -0.4 is 0 Å². The Bertz CT molecular complexity index is 2380. The zero-order chi connectivity index (χ0) is 35.4. The van der Waals surface area contributed by atoms with Gasteiger partial charge in [0.05, 0.1) is 33.5 Å². The van der Waals surface area contributed by atoms with Crippen molar-refractivity contribution in [2.24, 2.45) is 25.7 Å². The Kier molecular flexibility index (Phi) is 7.99. The van der Waals surface area contributed by atoms with Crippen LogP contribution >= 0.6 is 31.9 Å². The van der Waals surface area contributed by atoms with Gasteiger partial charge in [-0.2, -0.15) is 0 Å². The lowest BCUT2D eigenvalue weighted by atomic mass is 9.93. The summed E-state index contributed by atoms with van der Waals surface area (Å²) in [6, 6.07) is 25.8. The molecule has 4 heterocycles. The molecule has 0 aliphatic carbocycles. The number of carboxylic acid groups (broad SMARTS) is 1. The van der Waals surface area contributed by atoms with Crippen LogP contribution in [0.3, 0.4) is 0 Å². The van der Waals surface area contributed by atoms with Gasteiger partial charge in [0.2, 0.25) is 0 Å². The molecule has 0 atom stereocenters. The highest BCUT2D eigenvalue weighted by atomic mass is 79.9. The highest BCUT2D eigenvalue weighted by molar-refractivity contribution is 9.10. The number of H-pyrrole nitrogens is 2. The molecule has 2 aliphatic heterocycles. The number of aromatic amines is 2. The third-order valence-electron chi connectivity index (χ3n) is 8.78. The quantitative estimate of drug-likeness (QED) is 0.0922. The minimum atomic E-state index is -1.59. The highest BCUT2D eigenvalue weighted by Gasteiger charge is 2.38. The average molecular weight is 810 g/mol. The number of carboxylic acids is 1. The molecule has 0 saturated heterocycles. The van der Waals surface area contributed by atoms with Gasteiger partial charge in [0.25, 0.3) is 0 Å². The number of hydrogen-bond acceptors (Lipinski definition) is 9. The number of aliphatic imine (C=N–C) groups is 2. The van der Waals surface area contributed by atoms with Gasteiger partial charge in [-0.15, -0.1) is 0 Å². The molecule has 4 aromatic carbocycles. The molecule has 2 aliphatic rings. The van der Waals surface area contributed by atoms with Gasteiger partial charge in [-0.25, -0.2) is 9.98 Å². The van der Waals surface area contributed by atoms with E-state index >= 15 is 0 Å². The van der Waals surface area contributed by atoms with Gasteiger partial charge in [0.1, 0.15) is 41.5 Å². The lowest BCUT2D eigenvalue weighted by molar-refractivity contribution is -0.156. The molecule has 0 spiro atoms. The standard InChI is InChI=1S/C37H26Br2N6O6/c1-37(36(48)49,16-50-44-30-22-6-2-4-8-24(22)40-32(30)28-20-12-10-18(38)14-26(20)42-34(28)46)17-51-45-31-23-7-3-5-9-25(23)41-33(31)29-21-13-11-19(39)15-27(21)43-35(29)47/h2-15,42-43,46-47H,16-17H2,1H3,(H,48,49)/b44-30+,45-31+. The summed E-state index contributed by atoms with van der Waals surface area (Å²) in [6.45, 7) is 0.709.